The van der Waals surface area contributed by atoms with Gasteiger partial charge in [-0.2, -0.15) is 0 Å². The fourth-order valence-electron chi connectivity index (χ4n) is 1.19. The number of rotatable bonds is 4. The Bertz CT molecular complexity index is 339. The molecule has 0 unspecified atom stereocenters. The highest BCUT2D eigenvalue weighted by Crippen LogP contribution is 2.17. The van der Waals surface area contributed by atoms with E-state index in [1.54, 1.807) is 18.2 Å². The van der Waals surface area contributed by atoms with E-state index in [2.05, 4.69) is 0 Å². The lowest BCUT2D eigenvalue weighted by Crippen LogP contribution is -2.04. The van der Waals surface area contributed by atoms with Crippen molar-refractivity contribution in [2.24, 2.45) is 0 Å². The summed E-state index contributed by atoms with van der Waals surface area (Å²) in [6.07, 6.45) is 0.314. The van der Waals surface area contributed by atoms with Crippen molar-refractivity contribution in [3.05, 3.63) is 29.3 Å². The molecule has 0 spiro atoms. The zero-order valence-electron chi connectivity index (χ0n) is 7.59. The number of hydrogen-bond acceptors (Lipinski definition) is 2. The molecule has 0 bridgehead atoms. The molecule has 0 radical (unpaired) electrons. The second-order valence-corrected chi connectivity index (χ2v) is 3.56. The highest BCUT2D eigenvalue weighted by Gasteiger charge is 2.10. The average Bonchev–Trinajstić information content (AvgIpc) is 2.18. The van der Waals surface area contributed by atoms with Crippen LogP contribution in [0.25, 0.3) is 0 Å². The van der Waals surface area contributed by atoms with Gasteiger partial charge in [0.2, 0.25) is 0 Å². The van der Waals surface area contributed by atoms with Gasteiger partial charge in [-0.15, -0.1) is 23.2 Å². The summed E-state index contributed by atoms with van der Waals surface area (Å²) < 4.78 is 0. The van der Waals surface area contributed by atoms with Gasteiger partial charge in [0.15, 0.2) is 5.78 Å². The van der Waals surface area contributed by atoms with Crippen LogP contribution in [0.3, 0.4) is 0 Å². The number of Topliss-reactive ketones (excluding diaryl/α,β-unsaturated/α-hetero) is 1. The molecule has 0 aliphatic carbocycles. The average molecular weight is 232 g/mol. The molecular formula is C10H11Cl2NO. The summed E-state index contributed by atoms with van der Waals surface area (Å²) >= 11 is 11.2. The summed E-state index contributed by atoms with van der Waals surface area (Å²) in [4.78, 5) is 11.6. The topological polar surface area (TPSA) is 43.1 Å². The molecule has 1 aromatic rings. The monoisotopic (exact) mass is 231 g/mol. The molecule has 0 aromatic heterocycles. The van der Waals surface area contributed by atoms with Gasteiger partial charge in [-0.1, -0.05) is 6.07 Å². The minimum atomic E-state index is -0.0112. The number of hydrogen-bond donors (Lipinski definition) is 1. The normalized spacial score (nSPS) is 10.1. The van der Waals surface area contributed by atoms with Gasteiger partial charge in [-0.3, -0.25) is 4.79 Å². The third-order valence-electron chi connectivity index (χ3n) is 1.90. The Morgan fingerprint density at radius 3 is 2.64 bits per heavy atom. The molecule has 0 fully saturated rings. The van der Waals surface area contributed by atoms with E-state index in [0.717, 1.165) is 5.56 Å². The van der Waals surface area contributed by atoms with Crippen molar-refractivity contribution < 1.29 is 4.79 Å². The number of benzene rings is 1. The number of nitrogen functional groups attached to an aromatic ring is 1. The number of anilines is 1. The summed E-state index contributed by atoms with van der Waals surface area (Å²) in [6.45, 7) is 0. The zero-order valence-corrected chi connectivity index (χ0v) is 9.11. The first-order valence-electron chi connectivity index (χ1n) is 4.22. The van der Waals surface area contributed by atoms with Crippen LogP contribution in [0.5, 0.6) is 0 Å². The van der Waals surface area contributed by atoms with Crippen molar-refractivity contribution in [3.63, 3.8) is 0 Å². The Morgan fingerprint density at radius 1 is 1.36 bits per heavy atom. The maximum absolute atomic E-state index is 11.6. The highest BCUT2D eigenvalue weighted by molar-refractivity contribution is 6.20. The van der Waals surface area contributed by atoms with Gasteiger partial charge in [-0.25, -0.2) is 0 Å². The number of ketones is 1. The molecule has 0 atom stereocenters. The highest BCUT2D eigenvalue weighted by atomic mass is 35.5. The van der Waals surface area contributed by atoms with E-state index in [9.17, 15) is 4.79 Å². The summed E-state index contributed by atoms with van der Waals surface area (Å²) in [5, 5.41) is 0. The van der Waals surface area contributed by atoms with Crippen LogP contribution in [0.1, 0.15) is 22.3 Å². The first kappa shape index (κ1) is 11.3. The number of halogens is 2. The Hall–Kier alpha value is -0.730. The molecule has 1 rings (SSSR count). The first-order chi connectivity index (χ1) is 6.69. The number of carbonyl (C=O) groups is 1. The van der Waals surface area contributed by atoms with Gasteiger partial charge < -0.3 is 5.73 Å². The molecule has 0 saturated carbocycles. The summed E-state index contributed by atoms with van der Waals surface area (Å²) in [5.74, 6) is 0.613. The molecule has 4 heteroatoms. The summed E-state index contributed by atoms with van der Waals surface area (Å²) in [7, 11) is 0. The van der Waals surface area contributed by atoms with E-state index in [4.69, 9.17) is 28.9 Å². The fourth-order valence-corrected chi connectivity index (χ4v) is 1.60. The quantitative estimate of drug-likeness (QED) is 0.492. The molecule has 2 nitrogen and oxygen atoms in total. The lowest BCUT2D eigenvalue weighted by Gasteiger charge is -2.06. The molecule has 0 saturated heterocycles. The SMILES string of the molecule is Nc1ccc(CCl)c(C(=O)CCCl)c1. The van der Waals surface area contributed by atoms with E-state index in [-0.39, 0.29) is 5.78 Å². The third-order valence-corrected chi connectivity index (χ3v) is 2.38. The Morgan fingerprint density at radius 2 is 2.07 bits per heavy atom. The van der Waals surface area contributed by atoms with Crippen LogP contribution >= 0.6 is 23.2 Å². The number of carbonyl (C=O) groups excluding carboxylic acids is 1. The maximum atomic E-state index is 11.6. The van der Waals surface area contributed by atoms with Crippen molar-refractivity contribution >= 4 is 34.7 Å². The van der Waals surface area contributed by atoms with Crippen LogP contribution in [0, 0.1) is 0 Å². The number of alkyl halides is 2. The van der Waals surface area contributed by atoms with Gasteiger partial charge in [-0.05, 0) is 17.7 Å². The van der Waals surface area contributed by atoms with Crippen molar-refractivity contribution in [1.29, 1.82) is 0 Å². The van der Waals surface area contributed by atoms with Crippen LogP contribution in [0.4, 0.5) is 5.69 Å². The van der Waals surface area contributed by atoms with E-state index < -0.39 is 0 Å². The molecule has 76 valence electrons. The van der Waals surface area contributed by atoms with Crippen LogP contribution in [-0.2, 0) is 5.88 Å². The van der Waals surface area contributed by atoms with E-state index >= 15 is 0 Å². The molecule has 1 aromatic carbocycles. The molecule has 14 heavy (non-hydrogen) atoms. The predicted molar refractivity (Wildman–Crippen MR) is 60.1 cm³/mol. The Labute approximate surface area is 93.0 Å². The van der Waals surface area contributed by atoms with Gasteiger partial charge in [0.1, 0.15) is 0 Å². The van der Waals surface area contributed by atoms with Gasteiger partial charge in [0, 0.05) is 29.4 Å². The van der Waals surface area contributed by atoms with E-state index in [1.165, 1.54) is 0 Å². The molecule has 0 amide bonds. The first-order valence-corrected chi connectivity index (χ1v) is 5.29. The zero-order chi connectivity index (χ0) is 10.6. The lowest BCUT2D eigenvalue weighted by atomic mass is 10.0. The van der Waals surface area contributed by atoms with Crippen molar-refractivity contribution in [3.8, 4) is 0 Å². The third kappa shape index (κ3) is 2.63. The van der Waals surface area contributed by atoms with E-state index in [1.807, 2.05) is 0 Å². The fraction of sp³-hybridized carbons (Fsp3) is 0.300. The molecule has 0 aliphatic rings. The summed E-state index contributed by atoms with van der Waals surface area (Å²) in [6, 6.07) is 5.14. The van der Waals surface area contributed by atoms with Crippen molar-refractivity contribution in [2.45, 2.75) is 12.3 Å². The Kier molecular flexibility index (Phi) is 4.23. The lowest BCUT2D eigenvalue weighted by molar-refractivity contribution is 0.0988. The largest absolute Gasteiger partial charge is 0.399 e. The van der Waals surface area contributed by atoms with Crippen LogP contribution in [0.2, 0.25) is 0 Å². The minimum Gasteiger partial charge on any atom is -0.399 e. The van der Waals surface area contributed by atoms with Crippen molar-refractivity contribution in [1.82, 2.24) is 0 Å². The number of nitrogens with two attached hydrogens (primary N) is 1. The molecule has 0 heterocycles. The molecule has 2 N–H and O–H groups in total. The standard InChI is InChI=1S/C10H11Cl2NO/c11-4-3-10(14)9-5-8(13)2-1-7(9)6-12/h1-2,5H,3-4,6,13H2. The van der Waals surface area contributed by atoms with Crippen LogP contribution < -0.4 is 5.73 Å². The van der Waals surface area contributed by atoms with Gasteiger partial charge in [0.05, 0.1) is 0 Å². The predicted octanol–water partition coefficient (Wildman–Crippen LogP) is 2.82. The second kappa shape index (κ2) is 5.23. The summed E-state index contributed by atoms with van der Waals surface area (Å²) in [5.41, 5.74) is 7.54. The second-order valence-electron chi connectivity index (χ2n) is 2.91. The minimum absolute atomic E-state index is 0.0112. The smallest absolute Gasteiger partial charge is 0.164 e. The molecular weight excluding hydrogens is 221 g/mol. The Balaban J connectivity index is 3.03. The van der Waals surface area contributed by atoms with E-state index in [0.29, 0.717) is 29.4 Å². The van der Waals surface area contributed by atoms with Gasteiger partial charge >= 0.3 is 0 Å². The van der Waals surface area contributed by atoms with Crippen molar-refractivity contribution in [2.75, 3.05) is 11.6 Å². The van der Waals surface area contributed by atoms with Gasteiger partial charge in [0.25, 0.3) is 0 Å². The van der Waals surface area contributed by atoms with Crippen LogP contribution in [0.15, 0.2) is 18.2 Å². The molecule has 0 aliphatic heterocycles. The maximum Gasteiger partial charge on any atom is 0.164 e. The van der Waals surface area contributed by atoms with Crippen LogP contribution in [-0.4, -0.2) is 11.7 Å².